The maximum atomic E-state index is 11.5. The number of hydrogen-bond acceptors (Lipinski definition) is 4. The van der Waals surface area contributed by atoms with Gasteiger partial charge in [0.25, 0.3) is 11.6 Å². The van der Waals surface area contributed by atoms with Gasteiger partial charge >= 0.3 is 0 Å². The normalized spacial score (nSPS) is 14.8. The number of carbonyl (C=O) groups is 1. The Morgan fingerprint density at radius 2 is 1.89 bits per heavy atom. The summed E-state index contributed by atoms with van der Waals surface area (Å²) in [4.78, 5) is 23.0. The molecule has 0 saturated carbocycles. The highest BCUT2D eigenvalue weighted by Crippen LogP contribution is 2.20. The lowest BCUT2D eigenvalue weighted by atomic mass is 10.2. The number of rotatable bonds is 2. The minimum Gasteiger partial charge on any atom is -0.370 e. The van der Waals surface area contributed by atoms with E-state index in [4.69, 9.17) is 4.74 Å². The van der Waals surface area contributed by atoms with Gasteiger partial charge in [0.15, 0.2) is 0 Å². The molecule has 1 aromatic carbocycles. The number of morpholine rings is 1. The van der Waals surface area contributed by atoms with Crippen molar-refractivity contribution < 1.29 is 14.5 Å². The van der Waals surface area contributed by atoms with Crippen molar-refractivity contribution >= 4 is 17.3 Å². The molecule has 0 unspecified atom stereocenters. The Labute approximate surface area is 105 Å². The second-order valence-electron chi connectivity index (χ2n) is 3.37. The number of benzene rings is 1. The van der Waals surface area contributed by atoms with Crippen LogP contribution in [0.3, 0.4) is 0 Å². The number of hydrogen-bond donors (Lipinski definition) is 0. The predicted octanol–water partition coefficient (Wildman–Crippen LogP) is 1.98. The molecular weight excluding hydrogens is 236 g/mol. The summed E-state index contributed by atoms with van der Waals surface area (Å²) in [6.45, 7) is 5.04. The van der Waals surface area contributed by atoms with E-state index in [2.05, 4.69) is 0 Å². The van der Waals surface area contributed by atoms with Gasteiger partial charge in [-0.05, 0) is 12.1 Å². The number of carbonyl (C=O) groups excluding carboxylic acids is 1. The lowest BCUT2D eigenvalue weighted by Gasteiger charge is -2.26. The fraction of sp³-hybridized carbons (Fsp3) is 0.417. The molecule has 0 spiro atoms. The van der Waals surface area contributed by atoms with Crippen LogP contribution in [0.5, 0.6) is 0 Å². The number of ether oxygens (including phenoxy) is 1. The Morgan fingerprint density at radius 1 is 1.28 bits per heavy atom. The first-order valence-corrected chi connectivity index (χ1v) is 5.81. The molecule has 1 fully saturated rings. The number of non-ortho nitro benzene ring substituents is 1. The van der Waals surface area contributed by atoms with Gasteiger partial charge in [-0.1, -0.05) is 13.8 Å². The topological polar surface area (TPSA) is 72.7 Å². The predicted molar refractivity (Wildman–Crippen MR) is 67.6 cm³/mol. The monoisotopic (exact) mass is 252 g/mol. The van der Waals surface area contributed by atoms with Crippen LogP contribution in [0.4, 0.5) is 11.4 Å². The summed E-state index contributed by atoms with van der Waals surface area (Å²) in [7, 11) is 0. The average Bonchev–Trinajstić information content (AvgIpc) is 2.42. The molecule has 6 nitrogen and oxygen atoms in total. The summed E-state index contributed by atoms with van der Waals surface area (Å²) in [5.41, 5.74) is 0.684. The molecule has 1 amide bonds. The van der Waals surface area contributed by atoms with Crippen molar-refractivity contribution in [3.05, 3.63) is 34.4 Å². The van der Waals surface area contributed by atoms with Crippen LogP contribution in [0.15, 0.2) is 24.3 Å². The molecule has 6 heteroatoms. The Bertz CT molecular complexity index is 417. The molecule has 0 aromatic heterocycles. The fourth-order valence-corrected chi connectivity index (χ4v) is 1.55. The molecule has 1 heterocycles. The molecule has 0 atom stereocenters. The lowest BCUT2D eigenvalue weighted by Crippen LogP contribution is -2.41. The van der Waals surface area contributed by atoms with Crippen LogP contribution in [0.2, 0.25) is 0 Å². The van der Waals surface area contributed by atoms with E-state index < -0.39 is 4.92 Å². The van der Waals surface area contributed by atoms with Crippen molar-refractivity contribution in [1.29, 1.82) is 0 Å². The molecule has 1 saturated heterocycles. The lowest BCUT2D eigenvalue weighted by molar-refractivity contribution is -0.384. The van der Waals surface area contributed by atoms with E-state index in [0.717, 1.165) is 0 Å². The third-order valence-electron chi connectivity index (χ3n) is 2.36. The SMILES string of the molecule is CC.O=C1COCCN1c1ccc([N+](=O)[O-])cc1. The molecule has 98 valence electrons. The number of anilines is 1. The molecule has 0 radical (unpaired) electrons. The van der Waals surface area contributed by atoms with E-state index in [-0.39, 0.29) is 18.2 Å². The highest BCUT2D eigenvalue weighted by molar-refractivity contribution is 5.94. The molecule has 18 heavy (non-hydrogen) atoms. The van der Waals surface area contributed by atoms with Gasteiger partial charge in [-0.15, -0.1) is 0 Å². The Balaban J connectivity index is 0.000000771. The van der Waals surface area contributed by atoms with Gasteiger partial charge in [0, 0.05) is 24.4 Å². The van der Waals surface area contributed by atoms with Crippen molar-refractivity contribution in [1.82, 2.24) is 0 Å². The minimum atomic E-state index is -0.467. The highest BCUT2D eigenvalue weighted by Gasteiger charge is 2.20. The molecule has 0 aliphatic carbocycles. The van der Waals surface area contributed by atoms with Crippen molar-refractivity contribution in [2.24, 2.45) is 0 Å². The van der Waals surface area contributed by atoms with Gasteiger partial charge in [0.05, 0.1) is 11.5 Å². The van der Waals surface area contributed by atoms with Crippen molar-refractivity contribution in [2.45, 2.75) is 13.8 Å². The zero-order valence-electron chi connectivity index (χ0n) is 10.5. The third kappa shape index (κ3) is 3.27. The Morgan fingerprint density at radius 3 is 2.39 bits per heavy atom. The molecule has 1 aliphatic heterocycles. The molecule has 1 aliphatic rings. The number of nitrogens with zero attached hydrogens (tertiary/aromatic N) is 2. The van der Waals surface area contributed by atoms with Gasteiger partial charge in [-0.25, -0.2) is 0 Å². The van der Waals surface area contributed by atoms with Crippen LogP contribution in [-0.4, -0.2) is 30.6 Å². The molecule has 0 bridgehead atoms. The van der Waals surface area contributed by atoms with Crippen molar-refractivity contribution in [3.8, 4) is 0 Å². The van der Waals surface area contributed by atoms with Crippen LogP contribution >= 0.6 is 0 Å². The van der Waals surface area contributed by atoms with Crippen LogP contribution in [-0.2, 0) is 9.53 Å². The van der Waals surface area contributed by atoms with Crippen molar-refractivity contribution in [3.63, 3.8) is 0 Å². The van der Waals surface area contributed by atoms with E-state index in [1.54, 1.807) is 17.0 Å². The maximum absolute atomic E-state index is 11.5. The summed E-state index contributed by atoms with van der Waals surface area (Å²) < 4.78 is 5.00. The quantitative estimate of drug-likeness (QED) is 0.596. The standard InChI is InChI=1S/C10H10N2O4.C2H6/c13-10-7-16-6-5-11(10)8-1-3-9(4-2-8)12(14)15;1-2/h1-4H,5-7H2;1-2H3. The first kappa shape index (κ1) is 14.1. The molecule has 0 N–H and O–H groups in total. The zero-order chi connectivity index (χ0) is 13.5. The van der Waals surface area contributed by atoms with E-state index in [1.807, 2.05) is 13.8 Å². The Kier molecular flexibility index (Phi) is 5.26. The fourth-order valence-electron chi connectivity index (χ4n) is 1.55. The summed E-state index contributed by atoms with van der Waals surface area (Å²) in [6, 6.07) is 5.92. The zero-order valence-corrected chi connectivity index (χ0v) is 10.5. The first-order valence-electron chi connectivity index (χ1n) is 5.81. The molecule has 2 rings (SSSR count). The smallest absolute Gasteiger partial charge is 0.269 e. The summed E-state index contributed by atoms with van der Waals surface area (Å²) >= 11 is 0. The van der Waals surface area contributed by atoms with E-state index in [1.165, 1.54) is 12.1 Å². The second-order valence-corrected chi connectivity index (χ2v) is 3.37. The van der Waals surface area contributed by atoms with Gasteiger partial charge in [0.1, 0.15) is 6.61 Å². The second kappa shape index (κ2) is 6.70. The first-order chi connectivity index (χ1) is 8.68. The van der Waals surface area contributed by atoms with E-state index in [0.29, 0.717) is 18.8 Å². The summed E-state index contributed by atoms with van der Waals surface area (Å²) in [6.07, 6.45) is 0. The van der Waals surface area contributed by atoms with Gasteiger partial charge < -0.3 is 9.64 Å². The average molecular weight is 252 g/mol. The highest BCUT2D eigenvalue weighted by atomic mass is 16.6. The third-order valence-corrected chi connectivity index (χ3v) is 2.36. The van der Waals surface area contributed by atoms with E-state index >= 15 is 0 Å². The van der Waals surface area contributed by atoms with Crippen LogP contribution in [0.25, 0.3) is 0 Å². The number of amides is 1. The Hall–Kier alpha value is -1.95. The largest absolute Gasteiger partial charge is 0.370 e. The summed E-state index contributed by atoms with van der Waals surface area (Å²) in [5.74, 6) is -0.125. The molecule has 1 aromatic rings. The van der Waals surface area contributed by atoms with Crippen molar-refractivity contribution in [2.75, 3.05) is 24.7 Å². The summed E-state index contributed by atoms with van der Waals surface area (Å²) in [5, 5.41) is 10.5. The van der Waals surface area contributed by atoms with Crippen LogP contribution in [0.1, 0.15) is 13.8 Å². The van der Waals surface area contributed by atoms with Crippen LogP contribution < -0.4 is 4.90 Å². The van der Waals surface area contributed by atoms with E-state index in [9.17, 15) is 14.9 Å². The van der Waals surface area contributed by atoms with Gasteiger partial charge in [0.2, 0.25) is 0 Å². The minimum absolute atomic E-state index is 0.0180. The van der Waals surface area contributed by atoms with Gasteiger partial charge in [-0.2, -0.15) is 0 Å². The maximum Gasteiger partial charge on any atom is 0.269 e. The number of nitro benzene ring substituents is 1. The van der Waals surface area contributed by atoms with Crippen LogP contribution in [0, 0.1) is 10.1 Å². The molecular formula is C12H16N2O4. The number of nitro groups is 1. The van der Waals surface area contributed by atoms with Gasteiger partial charge in [-0.3, -0.25) is 14.9 Å².